The molecule has 2 aromatic heterocycles. The third kappa shape index (κ3) is 4.66. The first-order chi connectivity index (χ1) is 18.9. The molecule has 0 spiro atoms. The minimum absolute atomic E-state index is 0.572. The predicted molar refractivity (Wildman–Crippen MR) is 153 cm³/mol. The van der Waals surface area contributed by atoms with Crippen molar-refractivity contribution in [3.8, 4) is 17.1 Å². The van der Waals surface area contributed by atoms with E-state index in [1.807, 2.05) is 83.4 Å². The molecule has 1 aliphatic heterocycles. The van der Waals surface area contributed by atoms with Gasteiger partial charge in [-0.2, -0.15) is 0 Å². The highest BCUT2D eigenvalue weighted by Crippen LogP contribution is 2.38. The highest BCUT2D eigenvalue weighted by Gasteiger charge is 2.38. The van der Waals surface area contributed by atoms with Crippen molar-refractivity contribution in [2.24, 2.45) is 0 Å². The lowest BCUT2D eigenvalue weighted by atomic mass is 9.81. The molecule has 196 valence electrons. The van der Waals surface area contributed by atoms with Crippen LogP contribution in [0.3, 0.4) is 0 Å². The number of piperidine rings is 1. The van der Waals surface area contributed by atoms with Crippen molar-refractivity contribution in [2.45, 2.75) is 18.4 Å². The average Bonchev–Trinajstić information content (AvgIpc) is 3.34. The molecule has 3 aromatic carbocycles. The smallest absolute Gasteiger partial charge is 0.405 e. The Morgan fingerprint density at radius 1 is 0.897 bits per heavy atom. The summed E-state index contributed by atoms with van der Waals surface area (Å²) < 4.78 is 1.96. The summed E-state index contributed by atoms with van der Waals surface area (Å²) in [4.78, 5) is 28.2. The van der Waals surface area contributed by atoms with Crippen molar-refractivity contribution in [1.29, 1.82) is 0 Å². The van der Waals surface area contributed by atoms with Gasteiger partial charge in [0, 0.05) is 29.4 Å². The van der Waals surface area contributed by atoms with Gasteiger partial charge in [-0.15, -0.1) is 0 Å². The van der Waals surface area contributed by atoms with E-state index in [0.29, 0.717) is 58.8 Å². The lowest BCUT2D eigenvalue weighted by Crippen LogP contribution is -2.53. The lowest BCUT2D eigenvalue weighted by Gasteiger charge is -2.42. The molecule has 1 fully saturated rings. The molecule has 2 N–H and O–H groups in total. The Morgan fingerprint density at radius 3 is 2.28 bits per heavy atom. The fourth-order valence-electron chi connectivity index (χ4n) is 5.32. The Kier molecular flexibility index (Phi) is 6.58. The van der Waals surface area contributed by atoms with E-state index in [1.54, 1.807) is 0 Å². The van der Waals surface area contributed by atoms with Crippen molar-refractivity contribution in [2.75, 3.05) is 18.0 Å². The molecular weight excluding hydrogens is 535 g/mol. The van der Waals surface area contributed by atoms with Crippen LogP contribution >= 0.6 is 23.2 Å². The fraction of sp³-hybridized carbons (Fsp3) is 0.172. The van der Waals surface area contributed by atoms with E-state index in [1.165, 1.54) is 6.33 Å². The molecule has 3 heterocycles. The van der Waals surface area contributed by atoms with Gasteiger partial charge in [0.15, 0.2) is 17.0 Å². The maximum absolute atomic E-state index is 11.8. The highest BCUT2D eigenvalue weighted by atomic mass is 35.5. The summed E-state index contributed by atoms with van der Waals surface area (Å²) in [6.07, 6.45) is 1.65. The molecule has 5 aromatic rings. The van der Waals surface area contributed by atoms with Gasteiger partial charge in [0.1, 0.15) is 12.2 Å². The number of fused-ring (bicyclic) bond motifs is 1. The maximum atomic E-state index is 11.8. The van der Waals surface area contributed by atoms with Crippen molar-refractivity contribution in [3.05, 3.63) is 101 Å². The second kappa shape index (κ2) is 10.2. The Hall–Kier alpha value is -4.14. The standard InChI is InChI=1S/C29H24Cl2N6O2/c30-20-10-12-21(13-11-20)37-25(22-8-4-5-9-23(22)31)34-24-26(32-18-33-27(24)37)36-16-14-29(15-17-36,35-28(38)39)19-6-2-1-3-7-19/h1-13,18,35H,14-17H2,(H,38,39). The first-order valence-corrected chi connectivity index (χ1v) is 13.3. The third-order valence-corrected chi connectivity index (χ3v) is 7.80. The normalized spacial score (nSPS) is 14.9. The highest BCUT2D eigenvalue weighted by molar-refractivity contribution is 6.33. The first kappa shape index (κ1) is 25.2. The molecule has 10 heteroatoms. The monoisotopic (exact) mass is 558 g/mol. The number of imidazole rings is 1. The molecule has 0 unspecified atom stereocenters. The third-order valence-electron chi connectivity index (χ3n) is 7.21. The van der Waals surface area contributed by atoms with Gasteiger partial charge in [-0.1, -0.05) is 65.7 Å². The molecule has 8 nitrogen and oxygen atoms in total. The number of amides is 1. The number of anilines is 1. The van der Waals surface area contributed by atoms with Crippen LogP contribution in [0.25, 0.3) is 28.2 Å². The summed E-state index contributed by atoms with van der Waals surface area (Å²) in [5.41, 5.74) is 3.16. The Bertz CT molecular complexity index is 1650. The molecule has 0 bridgehead atoms. The van der Waals surface area contributed by atoms with Crippen molar-refractivity contribution in [1.82, 2.24) is 24.8 Å². The second-order valence-corrected chi connectivity index (χ2v) is 10.3. The minimum atomic E-state index is -1.04. The molecule has 1 saturated heterocycles. The van der Waals surface area contributed by atoms with Gasteiger partial charge in [0.05, 0.1) is 10.6 Å². The van der Waals surface area contributed by atoms with E-state index >= 15 is 0 Å². The quantitative estimate of drug-likeness (QED) is 0.254. The van der Waals surface area contributed by atoms with Crippen LogP contribution in [0.1, 0.15) is 18.4 Å². The number of carbonyl (C=O) groups is 1. The van der Waals surface area contributed by atoms with Crippen LogP contribution in [0.2, 0.25) is 10.0 Å². The maximum Gasteiger partial charge on any atom is 0.405 e. The largest absolute Gasteiger partial charge is 0.465 e. The van der Waals surface area contributed by atoms with Gasteiger partial charge < -0.3 is 15.3 Å². The number of nitrogens with zero attached hydrogens (tertiary/aromatic N) is 5. The summed E-state index contributed by atoms with van der Waals surface area (Å²) in [7, 11) is 0. The van der Waals surface area contributed by atoms with Crippen molar-refractivity contribution >= 4 is 46.3 Å². The Labute approximate surface area is 234 Å². The molecule has 0 atom stereocenters. The Balaban J connectivity index is 1.44. The second-order valence-electron chi connectivity index (χ2n) is 9.46. The van der Waals surface area contributed by atoms with E-state index in [9.17, 15) is 9.90 Å². The van der Waals surface area contributed by atoms with Gasteiger partial charge >= 0.3 is 6.09 Å². The van der Waals surface area contributed by atoms with Gasteiger partial charge in [0.25, 0.3) is 0 Å². The number of nitrogens with one attached hydrogen (secondary N) is 1. The summed E-state index contributed by atoms with van der Waals surface area (Å²) in [5, 5.41) is 13.6. The van der Waals surface area contributed by atoms with E-state index < -0.39 is 11.6 Å². The fourth-order valence-corrected chi connectivity index (χ4v) is 5.66. The molecule has 0 aliphatic carbocycles. The predicted octanol–water partition coefficient (Wildman–Crippen LogP) is 6.55. The van der Waals surface area contributed by atoms with Crippen LogP contribution in [0, 0.1) is 0 Å². The summed E-state index contributed by atoms with van der Waals surface area (Å²) >= 11 is 12.8. The SMILES string of the molecule is O=C(O)NC1(c2ccccc2)CCN(c2ncnc3c2nc(-c2ccccc2Cl)n3-c2ccc(Cl)cc2)CC1. The van der Waals surface area contributed by atoms with Crippen LogP contribution in [0.4, 0.5) is 10.6 Å². The first-order valence-electron chi connectivity index (χ1n) is 12.5. The number of hydrogen-bond donors (Lipinski definition) is 2. The molecule has 6 rings (SSSR count). The van der Waals surface area contributed by atoms with Crippen LogP contribution in [0.5, 0.6) is 0 Å². The number of rotatable bonds is 5. The molecule has 1 amide bonds. The zero-order valence-corrected chi connectivity index (χ0v) is 22.3. The minimum Gasteiger partial charge on any atom is -0.465 e. The molecular formula is C29H24Cl2N6O2. The topological polar surface area (TPSA) is 96.2 Å². The number of hydrogen-bond acceptors (Lipinski definition) is 5. The van der Waals surface area contributed by atoms with E-state index in [0.717, 1.165) is 16.8 Å². The summed E-state index contributed by atoms with van der Waals surface area (Å²) in [6, 6.07) is 24.8. The number of halogens is 2. The van der Waals surface area contributed by atoms with Crippen LogP contribution in [0.15, 0.2) is 85.2 Å². The zero-order chi connectivity index (χ0) is 27.0. The van der Waals surface area contributed by atoms with Gasteiger partial charge in [0.2, 0.25) is 0 Å². The van der Waals surface area contributed by atoms with Crippen molar-refractivity contribution < 1.29 is 9.90 Å². The average molecular weight is 559 g/mol. The van der Waals surface area contributed by atoms with Crippen molar-refractivity contribution in [3.63, 3.8) is 0 Å². The Morgan fingerprint density at radius 2 is 1.59 bits per heavy atom. The lowest BCUT2D eigenvalue weighted by molar-refractivity contribution is 0.168. The zero-order valence-electron chi connectivity index (χ0n) is 20.8. The van der Waals surface area contributed by atoms with E-state index in [2.05, 4.69) is 20.2 Å². The molecule has 0 saturated carbocycles. The van der Waals surface area contributed by atoms with Gasteiger partial charge in [-0.3, -0.25) is 4.57 Å². The molecule has 39 heavy (non-hydrogen) atoms. The van der Waals surface area contributed by atoms with Crippen LogP contribution in [-0.4, -0.2) is 43.8 Å². The number of carboxylic acid groups (broad SMARTS) is 1. The van der Waals surface area contributed by atoms with E-state index in [4.69, 9.17) is 28.2 Å². The number of aromatic nitrogens is 4. The van der Waals surface area contributed by atoms with Crippen LogP contribution < -0.4 is 10.2 Å². The summed E-state index contributed by atoms with van der Waals surface area (Å²) in [5.74, 6) is 1.33. The van der Waals surface area contributed by atoms with Gasteiger partial charge in [-0.05, 0) is 54.8 Å². The summed E-state index contributed by atoms with van der Waals surface area (Å²) in [6.45, 7) is 1.16. The molecule has 0 radical (unpaired) electrons. The van der Waals surface area contributed by atoms with Gasteiger partial charge in [-0.25, -0.2) is 19.7 Å². The van der Waals surface area contributed by atoms with Crippen LogP contribution in [-0.2, 0) is 5.54 Å². The molecule has 1 aliphatic rings. The van der Waals surface area contributed by atoms with E-state index in [-0.39, 0.29) is 0 Å². The number of benzene rings is 3.